The first-order chi connectivity index (χ1) is 6.86. The number of halogens is 2. The van der Waals surface area contributed by atoms with Crippen molar-refractivity contribution in [3.63, 3.8) is 0 Å². The molecule has 0 aliphatic rings. The Morgan fingerprint density at radius 3 is 2.40 bits per heavy atom. The third kappa shape index (κ3) is 3.02. The zero-order valence-corrected chi connectivity index (χ0v) is 10.8. The third-order valence-electron chi connectivity index (χ3n) is 2.19. The summed E-state index contributed by atoms with van der Waals surface area (Å²) >= 11 is 5.94. The van der Waals surface area contributed by atoms with Crippen LogP contribution >= 0.6 is 24.0 Å². The summed E-state index contributed by atoms with van der Waals surface area (Å²) in [5.74, 6) is 0.473. The zero-order valence-electron chi connectivity index (χ0n) is 9.23. The van der Waals surface area contributed by atoms with Gasteiger partial charge >= 0.3 is 0 Å². The Hall–Kier alpha value is -0.410. The Morgan fingerprint density at radius 2 is 1.93 bits per heavy atom. The molecule has 0 amide bonds. The maximum atomic E-state index is 12.0. The lowest BCUT2D eigenvalue weighted by Gasteiger charge is -2.21. The first-order valence-corrected chi connectivity index (χ1v) is 5.64. The molecule has 0 heterocycles. The number of aryl methyl sites for hydroxylation is 1. The Balaban J connectivity index is 3.20. The Labute approximate surface area is 99.5 Å². The minimum absolute atomic E-state index is 0.0246. The van der Waals surface area contributed by atoms with Crippen molar-refractivity contribution in [3.8, 4) is 5.75 Å². The van der Waals surface area contributed by atoms with E-state index in [0.717, 1.165) is 11.1 Å². The summed E-state index contributed by atoms with van der Waals surface area (Å²) in [6.45, 7) is 8.12. The van der Waals surface area contributed by atoms with Crippen LogP contribution in [0.3, 0.4) is 0 Å². The predicted octanol–water partition coefficient (Wildman–Crippen LogP) is 4.86. The Kier molecular flexibility index (Phi) is 3.90. The summed E-state index contributed by atoms with van der Waals surface area (Å²) in [5.41, 5.74) is 1.90. The van der Waals surface area contributed by atoms with Crippen molar-refractivity contribution < 1.29 is 8.07 Å². The fraction of sp³-hybridized carbons (Fsp3) is 0.455. The Morgan fingerprint density at radius 1 is 1.33 bits per heavy atom. The summed E-state index contributed by atoms with van der Waals surface area (Å²) in [6, 6.07) is 3.60. The topological polar surface area (TPSA) is 9.23 Å². The van der Waals surface area contributed by atoms with Gasteiger partial charge in [-0.2, -0.15) is 0 Å². The second-order valence-corrected chi connectivity index (χ2v) is 5.19. The van der Waals surface area contributed by atoms with Crippen molar-refractivity contribution in [3.05, 3.63) is 28.3 Å². The summed E-state index contributed by atoms with van der Waals surface area (Å²) in [6.07, 6.45) is 0. The molecule has 1 rings (SSSR count). The molecule has 0 aliphatic heterocycles. The maximum Gasteiger partial charge on any atom is 0.272 e. The molecule has 4 heteroatoms. The van der Waals surface area contributed by atoms with Gasteiger partial charge in [-0.3, -0.25) is 0 Å². The molecule has 0 aromatic heterocycles. The minimum atomic E-state index is -0.168. The van der Waals surface area contributed by atoms with Gasteiger partial charge in [0.1, 0.15) is 5.75 Å². The van der Waals surface area contributed by atoms with Crippen LogP contribution in [0.1, 0.15) is 31.9 Å². The largest absolute Gasteiger partial charge is 0.397 e. The molecule has 0 spiro atoms. The molecule has 84 valence electrons. The molecule has 0 unspecified atom stereocenters. The van der Waals surface area contributed by atoms with Gasteiger partial charge in [-0.25, -0.2) is 0 Å². The van der Waals surface area contributed by atoms with Gasteiger partial charge in [0, 0.05) is 11.1 Å². The molecular formula is C11H14ClFOS. The second kappa shape index (κ2) is 4.62. The maximum absolute atomic E-state index is 12.0. The number of hydrogen-bond donors (Lipinski definition) is 0. The number of hydrogen-bond acceptors (Lipinski definition) is 2. The fourth-order valence-electron chi connectivity index (χ4n) is 1.36. The number of rotatable bonds is 2. The van der Waals surface area contributed by atoms with E-state index in [0.29, 0.717) is 10.8 Å². The van der Waals surface area contributed by atoms with E-state index in [1.165, 1.54) is 0 Å². The zero-order chi connectivity index (χ0) is 11.6. The van der Waals surface area contributed by atoms with Gasteiger partial charge in [-0.1, -0.05) is 38.4 Å². The normalized spacial score (nSPS) is 11.6. The molecule has 0 aliphatic carbocycles. The van der Waals surface area contributed by atoms with Crippen molar-refractivity contribution in [2.75, 3.05) is 0 Å². The van der Waals surface area contributed by atoms with Crippen LogP contribution in [0, 0.1) is 6.92 Å². The molecule has 0 N–H and O–H groups in total. The highest BCUT2D eigenvalue weighted by molar-refractivity contribution is 7.89. The fourth-order valence-corrected chi connectivity index (χ4v) is 2.05. The SMILES string of the molecule is Cc1cc(C(C)(C)C)c(Cl)cc1OSF. The van der Waals surface area contributed by atoms with Crippen molar-refractivity contribution in [1.29, 1.82) is 0 Å². The molecule has 15 heavy (non-hydrogen) atoms. The molecule has 0 fully saturated rings. The third-order valence-corrected chi connectivity index (χ3v) is 2.75. The monoisotopic (exact) mass is 248 g/mol. The van der Waals surface area contributed by atoms with E-state index in [-0.39, 0.29) is 17.8 Å². The van der Waals surface area contributed by atoms with E-state index in [1.807, 2.05) is 13.0 Å². The molecule has 1 nitrogen and oxygen atoms in total. The van der Waals surface area contributed by atoms with Crippen LogP contribution in [-0.2, 0) is 5.41 Å². The molecule has 1 aromatic rings. The average molecular weight is 249 g/mol. The highest BCUT2D eigenvalue weighted by atomic mass is 35.5. The number of benzene rings is 1. The van der Waals surface area contributed by atoms with E-state index < -0.39 is 0 Å². The lowest BCUT2D eigenvalue weighted by Crippen LogP contribution is -2.12. The highest BCUT2D eigenvalue weighted by Crippen LogP contribution is 2.35. The van der Waals surface area contributed by atoms with Gasteiger partial charge in [0.15, 0.2) is 0 Å². The van der Waals surface area contributed by atoms with Crippen LogP contribution in [-0.4, -0.2) is 0 Å². The van der Waals surface area contributed by atoms with Crippen LogP contribution < -0.4 is 4.18 Å². The first kappa shape index (κ1) is 12.7. The molecule has 1 aromatic carbocycles. The van der Waals surface area contributed by atoms with Crippen LogP contribution in [0.4, 0.5) is 3.89 Å². The second-order valence-electron chi connectivity index (χ2n) is 4.49. The summed E-state index contributed by atoms with van der Waals surface area (Å²) < 4.78 is 16.7. The van der Waals surface area contributed by atoms with E-state index in [4.69, 9.17) is 15.8 Å². The van der Waals surface area contributed by atoms with Gasteiger partial charge in [0.05, 0.1) is 0 Å². The van der Waals surface area contributed by atoms with Crippen LogP contribution in [0.2, 0.25) is 5.02 Å². The van der Waals surface area contributed by atoms with Crippen LogP contribution in [0.5, 0.6) is 5.75 Å². The summed E-state index contributed by atoms with van der Waals surface area (Å²) in [4.78, 5) is 0. The molecule has 0 saturated heterocycles. The molecule has 0 atom stereocenters. The van der Waals surface area contributed by atoms with Gasteiger partial charge < -0.3 is 4.18 Å². The van der Waals surface area contributed by atoms with E-state index in [9.17, 15) is 3.89 Å². The lowest BCUT2D eigenvalue weighted by atomic mass is 9.86. The predicted molar refractivity (Wildman–Crippen MR) is 64.2 cm³/mol. The first-order valence-electron chi connectivity index (χ1n) is 4.62. The summed E-state index contributed by atoms with van der Waals surface area (Å²) in [7, 11) is 0. The Bertz CT molecular complexity index is 360. The molecule has 0 radical (unpaired) electrons. The smallest absolute Gasteiger partial charge is 0.272 e. The van der Waals surface area contributed by atoms with Gasteiger partial charge in [0.2, 0.25) is 0 Å². The lowest BCUT2D eigenvalue weighted by molar-refractivity contribution is 0.581. The average Bonchev–Trinajstić information content (AvgIpc) is 2.09. The van der Waals surface area contributed by atoms with Gasteiger partial charge in [-0.05, 0) is 23.5 Å². The van der Waals surface area contributed by atoms with E-state index >= 15 is 0 Å². The van der Waals surface area contributed by atoms with Crippen molar-refractivity contribution in [2.24, 2.45) is 0 Å². The summed E-state index contributed by atoms with van der Waals surface area (Å²) in [5, 5.41) is 0.608. The highest BCUT2D eigenvalue weighted by Gasteiger charge is 2.19. The van der Waals surface area contributed by atoms with Crippen molar-refractivity contribution >= 4 is 24.0 Å². The quantitative estimate of drug-likeness (QED) is 0.692. The van der Waals surface area contributed by atoms with Crippen molar-refractivity contribution in [2.45, 2.75) is 33.1 Å². The standard InChI is InChI=1S/C11H14ClFOS/c1-7-5-8(11(2,3)4)9(12)6-10(7)14-15-13/h5-6H,1-4H3. The van der Waals surface area contributed by atoms with E-state index in [1.54, 1.807) is 6.07 Å². The minimum Gasteiger partial charge on any atom is -0.397 e. The van der Waals surface area contributed by atoms with Crippen molar-refractivity contribution in [1.82, 2.24) is 0 Å². The van der Waals surface area contributed by atoms with Gasteiger partial charge in [0.25, 0.3) is 12.4 Å². The molecule has 0 saturated carbocycles. The van der Waals surface area contributed by atoms with Crippen LogP contribution in [0.15, 0.2) is 12.1 Å². The van der Waals surface area contributed by atoms with Crippen LogP contribution in [0.25, 0.3) is 0 Å². The van der Waals surface area contributed by atoms with E-state index in [2.05, 4.69) is 20.8 Å². The molecule has 0 bridgehead atoms. The van der Waals surface area contributed by atoms with Gasteiger partial charge in [-0.15, -0.1) is 3.89 Å². The molecular weight excluding hydrogens is 235 g/mol.